The Hall–Kier alpha value is -2.60. The number of hydrogen-bond acceptors (Lipinski definition) is 4. The minimum atomic E-state index is 0.739. The van der Waals surface area contributed by atoms with Crippen molar-refractivity contribution in [2.75, 3.05) is 0 Å². The second-order valence-electron chi connectivity index (χ2n) is 5.24. The lowest BCUT2D eigenvalue weighted by Crippen LogP contribution is -1.99. The van der Waals surface area contributed by atoms with Gasteiger partial charge >= 0.3 is 0 Å². The second kappa shape index (κ2) is 6.26. The molecule has 0 bridgehead atoms. The van der Waals surface area contributed by atoms with Crippen molar-refractivity contribution in [3.8, 4) is 0 Å². The summed E-state index contributed by atoms with van der Waals surface area (Å²) in [5.41, 5.74) is 4.21. The first-order chi connectivity index (χ1) is 11.4. The summed E-state index contributed by atoms with van der Waals surface area (Å²) in [7, 11) is 0. The smallest absolute Gasteiger partial charge is 0.166 e. The summed E-state index contributed by atoms with van der Waals surface area (Å²) in [6.07, 6.45) is 1.99. The molecule has 23 heavy (non-hydrogen) atoms. The average molecular weight is 321 g/mol. The standard InChI is InChI=1S/C17H15N5S/c1-2-6-13(7-3-1)10-22-11-14(20-21-22)12-23-17-18-15-8-4-5-9-16(15)19-17/h1-9,11H,10,12H2,(H,18,19). The summed E-state index contributed by atoms with van der Waals surface area (Å²) >= 11 is 1.64. The van der Waals surface area contributed by atoms with E-state index in [2.05, 4.69) is 32.4 Å². The van der Waals surface area contributed by atoms with Gasteiger partial charge in [0, 0.05) is 11.9 Å². The van der Waals surface area contributed by atoms with Crippen LogP contribution in [0.4, 0.5) is 0 Å². The van der Waals surface area contributed by atoms with E-state index in [0.29, 0.717) is 0 Å². The zero-order valence-corrected chi connectivity index (χ0v) is 13.2. The van der Waals surface area contributed by atoms with Gasteiger partial charge in [0.2, 0.25) is 0 Å². The number of aromatic amines is 1. The van der Waals surface area contributed by atoms with Crippen molar-refractivity contribution in [3.63, 3.8) is 0 Å². The van der Waals surface area contributed by atoms with Gasteiger partial charge in [0.15, 0.2) is 5.16 Å². The van der Waals surface area contributed by atoms with Crippen molar-refractivity contribution in [2.45, 2.75) is 17.5 Å². The molecule has 0 fully saturated rings. The molecule has 2 heterocycles. The largest absolute Gasteiger partial charge is 0.333 e. The van der Waals surface area contributed by atoms with Crippen molar-refractivity contribution in [1.82, 2.24) is 25.0 Å². The lowest BCUT2D eigenvalue weighted by Gasteiger charge is -1.99. The SMILES string of the molecule is c1ccc(Cn2cc(CSc3nc4ccccc4[nH]3)nn2)cc1. The molecular formula is C17H15N5S. The van der Waals surface area contributed by atoms with Crippen LogP contribution in [0.15, 0.2) is 66.0 Å². The second-order valence-corrected chi connectivity index (χ2v) is 6.20. The topological polar surface area (TPSA) is 59.4 Å². The first kappa shape index (κ1) is 14.0. The maximum atomic E-state index is 4.55. The molecule has 0 aliphatic rings. The number of nitrogens with zero attached hydrogens (tertiary/aromatic N) is 4. The van der Waals surface area contributed by atoms with Crippen LogP contribution in [0.2, 0.25) is 0 Å². The van der Waals surface area contributed by atoms with Crippen LogP contribution in [-0.2, 0) is 12.3 Å². The molecule has 1 N–H and O–H groups in total. The maximum Gasteiger partial charge on any atom is 0.166 e. The Balaban J connectivity index is 1.41. The quantitative estimate of drug-likeness (QED) is 0.572. The molecule has 0 amide bonds. The molecule has 0 unspecified atom stereocenters. The van der Waals surface area contributed by atoms with Crippen molar-refractivity contribution < 1.29 is 0 Å². The summed E-state index contributed by atoms with van der Waals surface area (Å²) in [5, 5.41) is 9.33. The van der Waals surface area contributed by atoms with Crippen molar-refractivity contribution >= 4 is 22.8 Å². The highest BCUT2D eigenvalue weighted by atomic mass is 32.2. The number of imidazole rings is 1. The van der Waals surface area contributed by atoms with Crippen LogP contribution in [0, 0.1) is 0 Å². The van der Waals surface area contributed by atoms with Gasteiger partial charge in [-0.25, -0.2) is 9.67 Å². The normalized spacial score (nSPS) is 11.1. The zero-order valence-electron chi connectivity index (χ0n) is 12.4. The van der Waals surface area contributed by atoms with Gasteiger partial charge in [-0.05, 0) is 17.7 Å². The number of hydrogen-bond donors (Lipinski definition) is 1. The Kier molecular flexibility index (Phi) is 3.81. The van der Waals surface area contributed by atoms with Crippen LogP contribution >= 0.6 is 11.8 Å². The summed E-state index contributed by atoms with van der Waals surface area (Å²) in [4.78, 5) is 7.86. The fourth-order valence-electron chi connectivity index (χ4n) is 2.39. The Morgan fingerprint density at radius 2 is 1.83 bits per heavy atom. The van der Waals surface area contributed by atoms with Gasteiger partial charge in [-0.15, -0.1) is 5.10 Å². The third kappa shape index (κ3) is 3.27. The molecule has 2 aromatic carbocycles. The van der Waals surface area contributed by atoms with Crippen LogP contribution < -0.4 is 0 Å². The van der Waals surface area contributed by atoms with Crippen LogP contribution in [0.5, 0.6) is 0 Å². The number of rotatable bonds is 5. The summed E-state index contributed by atoms with van der Waals surface area (Å²) in [6.45, 7) is 0.739. The maximum absolute atomic E-state index is 4.55. The number of nitrogens with one attached hydrogen (secondary N) is 1. The van der Waals surface area contributed by atoms with Crippen LogP contribution in [0.1, 0.15) is 11.3 Å². The predicted octanol–water partition coefficient (Wildman–Crippen LogP) is 3.50. The Morgan fingerprint density at radius 1 is 1.00 bits per heavy atom. The van der Waals surface area contributed by atoms with E-state index in [9.17, 15) is 0 Å². The predicted molar refractivity (Wildman–Crippen MR) is 91.2 cm³/mol. The number of benzene rings is 2. The lowest BCUT2D eigenvalue weighted by molar-refractivity contribution is 0.649. The summed E-state index contributed by atoms with van der Waals surface area (Å²) < 4.78 is 1.86. The van der Waals surface area contributed by atoms with E-state index >= 15 is 0 Å². The van der Waals surface area contributed by atoms with E-state index in [-0.39, 0.29) is 0 Å². The highest BCUT2D eigenvalue weighted by Crippen LogP contribution is 2.22. The van der Waals surface area contributed by atoms with Gasteiger partial charge in [0.1, 0.15) is 0 Å². The molecule has 0 spiro atoms. The molecule has 2 aromatic heterocycles. The zero-order chi connectivity index (χ0) is 15.5. The Morgan fingerprint density at radius 3 is 2.70 bits per heavy atom. The lowest BCUT2D eigenvalue weighted by atomic mass is 10.2. The molecule has 5 nitrogen and oxygen atoms in total. The molecule has 114 valence electrons. The highest BCUT2D eigenvalue weighted by Gasteiger charge is 2.06. The summed E-state index contributed by atoms with van der Waals surface area (Å²) in [5.74, 6) is 0.745. The Labute approximate surface area is 137 Å². The fraction of sp³-hybridized carbons (Fsp3) is 0.118. The Bertz CT molecular complexity index is 880. The van der Waals surface area contributed by atoms with Gasteiger partial charge in [0.25, 0.3) is 0 Å². The average Bonchev–Trinajstić information content (AvgIpc) is 3.20. The molecule has 6 heteroatoms. The fourth-order valence-corrected chi connectivity index (χ4v) is 3.15. The summed E-state index contributed by atoms with van der Waals surface area (Å²) in [6, 6.07) is 18.3. The molecule has 0 radical (unpaired) electrons. The number of thioether (sulfide) groups is 1. The van der Waals surface area contributed by atoms with Gasteiger partial charge in [0.05, 0.1) is 23.3 Å². The highest BCUT2D eigenvalue weighted by molar-refractivity contribution is 7.98. The van der Waals surface area contributed by atoms with E-state index < -0.39 is 0 Å². The molecule has 4 rings (SSSR count). The van der Waals surface area contributed by atoms with Crippen LogP contribution in [0.25, 0.3) is 11.0 Å². The molecule has 0 atom stereocenters. The number of aromatic nitrogens is 5. The molecule has 0 aliphatic carbocycles. The minimum absolute atomic E-state index is 0.739. The molecule has 4 aromatic rings. The van der Waals surface area contributed by atoms with Gasteiger partial charge in [-0.2, -0.15) is 0 Å². The van der Waals surface area contributed by atoms with Gasteiger partial charge < -0.3 is 4.98 Å². The van der Waals surface area contributed by atoms with Gasteiger partial charge in [-0.3, -0.25) is 0 Å². The third-order valence-corrected chi connectivity index (χ3v) is 4.40. The van der Waals surface area contributed by atoms with E-state index in [1.165, 1.54) is 5.56 Å². The molecule has 0 saturated heterocycles. The minimum Gasteiger partial charge on any atom is -0.333 e. The molecule has 0 aliphatic heterocycles. The molecule has 0 saturated carbocycles. The van der Waals surface area contributed by atoms with E-state index in [0.717, 1.165) is 34.2 Å². The van der Waals surface area contributed by atoms with Crippen molar-refractivity contribution in [2.24, 2.45) is 0 Å². The van der Waals surface area contributed by atoms with Crippen molar-refractivity contribution in [1.29, 1.82) is 0 Å². The first-order valence-electron chi connectivity index (χ1n) is 7.37. The monoisotopic (exact) mass is 321 g/mol. The number of fused-ring (bicyclic) bond motifs is 1. The van der Waals surface area contributed by atoms with E-state index in [1.807, 2.05) is 53.3 Å². The molecular weight excluding hydrogens is 306 g/mol. The van der Waals surface area contributed by atoms with Crippen LogP contribution in [-0.4, -0.2) is 25.0 Å². The van der Waals surface area contributed by atoms with Gasteiger partial charge in [-0.1, -0.05) is 59.4 Å². The third-order valence-electron chi connectivity index (χ3n) is 3.50. The van der Waals surface area contributed by atoms with Crippen molar-refractivity contribution in [3.05, 3.63) is 72.1 Å². The van der Waals surface area contributed by atoms with E-state index in [1.54, 1.807) is 11.8 Å². The number of para-hydroxylation sites is 2. The first-order valence-corrected chi connectivity index (χ1v) is 8.36. The number of H-pyrrole nitrogens is 1. The van der Waals surface area contributed by atoms with Crippen LogP contribution in [0.3, 0.4) is 0 Å². The van der Waals surface area contributed by atoms with E-state index in [4.69, 9.17) is 0 Å².